The molecule has 0 saturated heterocycles. The molecule has 1 amide bonds. The molecule has 1 N–H and O–H groups in total. The SMILES string of the molecule is CCOc1ccccc1-c1ccc2nc(NC(=O)CSc3ncccn3)nn2c1. The Kier molecular flexibility index (Phi) is 5.66. The smallest absolute Gasteiger partial charge is 0.249 e. The zero-order valence-electron chi connectivity index (χ0n) is 15.6. The van der Waals surface area contributed by atoms with E-state index in [0.717, 1.165) is 16.9 Å². The van der Waals surface area contributed by atoms with E-state index in [1.165, 1.54) is 11.8 Å². The number of para-hydroxylation sites is 1. The van der Waals surface area contributed by atoms with Crippen LogP contribution in [0.25, 0.3) is 16.8 Å². The molecule has 3 aromatic heterocycles. The number of nitrogens with zero attached hydrogens (tertiary/aromatic N) is 5. The van der Waals surface area contributed by atoms with E-state index >= 15 is 0 Å². The molecule has 0 spiro atoms. The van der Waals surface area contributed by atoms with Crippen LogP contribution in [0.4, 0.5) is 5.95 Å². The number of hydrogen-bond donors (Lipinski definition) is 1. The summed E-state index contributed by atoms with van der Waals surface area (Å²) in [6.45, 7) is 2.54. The zero-order chi connectivity index (χ0) is 20.1. The lowest BCUT2D eigenvalue weighted by Gasteiger charge is -2.09. The molecule has 0 saturated carbocycles. The van der Waals surface area contributed by atoms with Gasteiger partial charge in [-0.15, -0.1) is 5.10 Å². The number of benzene rings is 1. The fourth-order valence-electron chi connectivity index (χ4n) is 2.73. The Bertz CT molecular complexity index is 1130. The molecule has 1 aromatic carbocycles. The Balaban J connectivity index is 1.49. The van der Waals surface area contributed by atoms with Gasteiger partial charge in [-0.05, 0) is 31.2 Å². The average molecular weight is 406 g/mol. The summed E-state index contributed by atoms with van der Waals surface area (Å²) in [5.41, 5.74) is 2.55. The van der Waals surface area contributed by atoms with Crippen molar-refractivity contribution in [3.05, 3.63) is 61.1 Å². The third-order valence-electron chi connectivity index (χ3n) is 3.95. The third-order valence-corrected chi connectivity index (χ3v) is 4.83. The molecule has 4 rings (SSSR count). The van der Waals surface area contributed by atoms with Gasteiger partial charge in [0, 0.05) is 29.7 Å². The van der Waals surface area contributed by atoms with Crippen LogP contribution in [0.5, 0.6) is 5.75 Å². The molecular formula is C20H18N6O2S. The fourth-order valence-corrected chi connectivity index (χ4v) is 3.34. The van der Waals surface area contributed by atoms with Gasteiger partial charge in [-0.25, -0.2) is 14.5 Å². The molecule has 4 aromatic rings. The van der Waals surface area contributed by atoms with E-state index in [2.05, 4.69) is 25.4 Å². The molecule has 146 valence electrons. The standard InChI is InChI=1S/C20H18N6O2S/c1-2-28-16-7-4-3-6-15(16)14-8-9-17-23-19(25-26(17)12-14)24-18(27)13-29-20-21-10-5-11-22-20/h3-12H,2,13H2,1H3,(H,24,25,27). The molecule has 0 aliphatic heterocycles. The maximum atomic E-state index is 12.2. The van der Waals surface area contributed by atoms with Crippen LogP contribution in [0, 0.1) is 0 Å². The van der Waals surface area contributed by atoms with Crippen molar-refractivity contribution in [2.24, 2.45) is 0 Å². The molecule has 0 radical (unpaired) electrons. The van der Waals surface area contributed by atoms with Gasteiger partial charge in [0.2, 0.25) is 11.9 Å². The van der Waals surface area contributed by atoms with Gasteiger partial charge in [0.15, 0.2) is 10.8 Å². The molecule has 0 bridgehead atoms. The first-order valence-corrected chi connectivity index (χ1v) is 10.00. The number of hydrogen-bond acceptors (Lipinski definition) is 7. The average Bonchev–Trinajstić information content (AvgIpc) is 3.15. The number of pyridine rings is 1. The Hall–Kier alpha value is -3.46. The molecule has 0 aliphatic rings. The van der Waals surface area contributed by atoms with Crippen molar-refractivity contribution in [1.29, 1.82) is 0 Å². The number of rotatable bonds is 7. The van der Waals surface area contributed by atoms with E-state index in [1.54, 1.807) is 23.0 Å². The molecule has 8 nitrogen and oxygen atoms in total. The number of amides is 1. The minimum atomic E-state index is -0.222. The van der Waals surface area contributed by atoms with Crippen LogP contribution in [-0.2, 0) is 4.79 Å². The fraction of sp³-hybridized carbons (Fsp3) is 0.150. The van der Waals surface area contributed by atoms with Crippen LogP contribution in [0.1, 0.15) is 6.92 Å². The lowest BCUT2D eigenvalue weighted by atomic mass is 10.1. The molecule has 9 heteroatoms. The number of aromatic nitrogens is 5. The number of thioether (sulfide) groups is 1. The highest BCUT2D eigenvalue weighted by atomic mass is 32.2. The van der Waals surface area contributed by atoms with E-state index in [-0.39, 0.29) is 17.6 Å². The summed E-state index contributed by atoms with van der Waals surface area (Å²) in [5, 5.41) is 7.62. The van der Waals surface area contributed by atoms with E-state index in [1.807, 2.05) is 49.5 Å². The molecular weight excluding hydrogens is 388 g/mol. The van der Waals surface area contributed by atoms with Crippen molar-refractivity contribution in [1.82, 2.24) is 24.6 Å². The van der Waals surface area contributed by atoms with Crippen molar-refractivity contribution in [3.8, 4) is 16.9 Å². The van der Waals surface area contributed by atoms with Gasteiger partial charge in [0.1, 0.15) is 5.75 Å². The van der Waals surface area contributed by atoms with Crippen molar-refractivity contribution < 1.29 is 9.53 Å². The van der Waals surface area contributed by atoms with Crippen molar-refractivity contribution >= 4 is 29.3 Å². The van der Waals surface area contributed by atoms with Gasteiger partial charge in [-0.2, -0.15) is 4.98 Å². The topological polar surface area (TPSA) is 94.3 Å². The van der Waals surface area contributed by atoms with E-state index < -0.39 is 0 Å². The summed E-state index contributed by atoms with van der Waals surface area (Å²) in [5.74, 6) is 1.01. The first-order chi connectivity index (χ1) is 14.2. The van der Waals surface area contributed by atoms with Gasteiger partial charge >= 0.3 is 0 Å². The summed E-state index contributed by atoms with van der Waals surface area (Å²) in [6.07, 6.45) is 5.14. The number of carbonyl (C=O) groups excluding carboxylic acids is 1. The summed E-state index contributed by atoms with van der Waals surface area (Å²) in [4.78, 5) is 24.7. The Morgan fingerprint density at radius 1 is 1.14 bits per heavy atom. The van der Waals surface area contributed by atoms with Gasteiger partial charge in [0.25, 0.3) is 0 Å². The van der Waals surface area contributed by atoms with Gasteiger partial charge < -0.3 is 4.74 Å². The number of carbonyl (C=O) groups is 1. The van der Waals surface area contributed by atoms with Crippen LogP contribution in [0.3, 0.4) is 0 Å². The lowest BCUT2D eigenvalue weighted by molar-refractivity contribution is -0.113. The normalized spacial score (nSPS) is 10.8. The van der Waals surface area contributed by atoms with Gasteiger partial charge in [-0.1, -0.05) is 30.0 Å². The van der Waals surface area contributed by atoms with Crippen molar-refractivity contribution in [2.75, 3.05) is 17.7 Å². The van der Waals surface area contributed by atoms with Gasteiger partial charge in [0.05, 0.1) is 12.4 Å². The lowest BCUT2D eigenvalue weighted by Crippen LogP contribution is -2.15. The number of fused-ring (bicyclic) bond motifs is 1. The van der Waals surface area contributed by atoms with Crippen molar-refractivity contribution in [3.63, 3.8) is 0 Å². The van der Waals surface area contributed by atoms with Crippen LogP contribution < -0.4 is 10.1 Å². The van der Waals surface area contributed by atoms with E-state index in [4.69, 9.17) is 4.74 Å². The summed E-state index contributed by atoms with van der Waals surface area (Å²) in [7, 11) is 0. The minimum Gasteiger partial charge on any atom is -0.493 e. The largest absolute Gasteiger partial charge is 0.493 e. The Morgan fingerprint density at radius 3 is 2.79 bits per heavy atom. The minimum absolute atomic E-state index is 0.173. The third kappa shape index (κ3) is 4.52. The number of nitrogens with one attached hydrogen (secondary N) is 1. The second-order valence-corrected chi connectivity index (χ2v) is 6.90. The van der Waals surface area contributed by atoms with Gasteiger partial charge in [-0.3, -0.25) is 10.1 Å². The molecule has 0 unspecified atom stereocenters. The van der Waals surface area contributed by atoms with Crippen LogP contribution >= 0.6 is 11.8 Å². The molecule has 29 heavy (non-hydrogen) atoms. The molecule has 0 aliphatic carbocycles. The maximum absolute atomic E-state index is 12.2. The van der Waals surface area contributed by atoms with E-state index in [0.29, 0.717) is 17.4 Å². The zero-order valence-corrected chi connectivity index (χ0v) is 16.5. The van der Waals surface area contributed by atoms with Crippen LogP contribution in [0.2, 0.25) is 0 Å². The van der Waals surface area contributed by atoms with Crippen molar-refractivity contribution in [2.45, 2.75) is 12.1 Å². The van der Waals surface area contributed by atoms with E-state index in [9.17, 15) is 4.79 Å². The summed E-state index contributed by atoms with van der Waals surface area (Å²) < 4.78 is 7.35. The predicted octanol–water partition coefficient (Wildman–Crippen LogP) is 3.32. The summed E-state index contributed by atoms with van der Waals surface area (Å²) in [6, 6.07) is 13.4. The number of anilines is 1. The summed E-state index contributed by atoms with van der Waals surface area (Å²) >= 11 is 1.25. The second kappa shape index (κ2) is 8.70. The predicted molar refractivity (Wildman–Crippen MR) is 111 cm³/mol. The number of ether oxygens (including phenoxy) is 1. The Morgan fingerprint density at radius 2 is 1.97 bits per heavy atom. The first kappa shape index (κ1) is 18.9. The first-order valence-electron chi connectivity index (χ1n) is 9.01. The highest BCUT2D eigenvalue weighted by Gasteiger charge is 2.11. The second-order valence-electron chi connectivity index (χ2n) is 5.95. The Labute approximate surface area is 171 Å². The highest BCUT2D eigenvalue weighted by molar-refractivity contribution is 7.99. The van der Waals surface area contributed by atoms with Crippen LogP contribution in [0.15, 0.2) is 66.2 Å². The monoisotopic (exact) mass is 406 g/mol. The molecule has 0 atom stereocenters. The molecule has 0 fully saturated rings. The maximum Gasteiger partial charge on any atom is 0.249 e. The van der Waals surface area contributed by atoms with Crippen LogP contribution in [-0.4, -0.2) is 42.8 Å². The highest BCUT2D eigenvalue weighted by Crippen LogP contribution is 2.30. The quantitative estimate of drug-likeness (QED) is 0.372. The molecule has 3 heterocycles.